The molecule has 0 atom stereocenters. The van der Waals surface area contributed by atoms with Crippen LogP contribution in [0.1, 0.15) is 17.0 Å². The van der Waals surface area contributed by atoms with E-state index in [1.165, 1.54) is 0 Å². The van der Waals surface area contributed by atoms with Gasteiger partial charge in [-0.25, -0.2) is 0 Å². The molecule has 8 nitrogen and oxygen atoms in total. The lowest BCUT2D eigenvalue weighted by atomic mass is 10.1. The van der Waals surface area contributed by atoms with E-state index < -0.39 is 0 Å². The van der Waals surface area contributed by atoms with Gasteiger partial charge in [0.1, 0.15) is 5.75 Å². The Balaban J connectivity index is 1.31. The number of fused-ring (bicyclic) bond motifs is 1. The number of nitrogens with one attached hydrogen (secondary N) is 1. The standard InChI is InChI=1S/C19H17N3O5/c1-12-3-2-4-14(7-12)24-10-17(23)20-19-22-21-18(27-19)9-13-5-6-15-16(8-13)26-11-25-15/h2-8H,9-11H2,1H3,(H,20,22,23). The van der Waals surface area contributed by atoms with Crippen LogP contribution in [0.4, 0.5) is 6.01 Å². The van der Waals surface area contributed by atoms with Crippen molar-refractivity contribution in [3.63, 3.8) is 0 Å². The number of hydrogen-bond acceptors (Lipinski definition) is 7. The molecule has 0 bridgehead atoms. The Morgan fingerprint density at radius 1 is 1.15 bits per heavy atom. The van der Waals surface area contributed by atoms with E-state index in [0.717, 1.165) is 11.1 Å². The van der Waals surface area contributed by atoms with Gasteiger partial charge in [-0.05, 0) is 42.3 Å². The molecule has 4 rings (SSSR count). The molecule has 0 fully saturated rings. The minimum Gasteiger partial charge on any atom is -0.484 e. The summed E-state index contributed by atoms with van der Waals surface area (Å²) in [6, 6.07) is 13.1. The molecule has 1 aliphatic heterocycles. The van der Waals surface area contributed by atoms with Crippen molar-refractivity contribution in [1.82, 2.24) is 10.2 Å². The maximum absolute atomic E-state index is 12.0. The van der Waals surface area contributed by atoms with Crippen molar-refractivity contribution in [2.45, 2.75) is 13.3 Å². The second-order valence-electron chi connectivity index (χ2n) is 6.02. The van der Waals surface area contributed by atoms with Gasteiger partial charge in [-0.3, -0.25) is 10.1 Å². The van der Waals surface area contributed by atoms with E-state index in [0.29, 0.717) is 29.6 Å². The van der Waals surface area contributed by atoms with Crippen LogP contribution in [0, 0.1) is 6.92 Å². The Morgan fingerprint density at radius 3 is 2.93 bits per heavy atom. The lowest BCUT2D eigenvalue weighted by molar-refractivity contribution is -0.118. The first-order valence-corrected chi connectivity index (χ1v) is 8.36. The van der Waals surface area contributed by atoms with Gasteiger partial charge in [0.25, 0.3) is 5.91 Å². The molecule has 1 aliphatic rings. The van der Waals surface area contributed by atoms with E-state index in [-0.39, 0.29) is 25.3 Å². The molecular weight excluding hydrogens is 350 g/mol. The Morgan fingerprint density at radius 2 is 2.04 bits per heavy atom. The Kier molecular flexibility index (Phi) is 4.61. The summed E-state index contributed by atoms with van der Waals surface area (Å²) in [5, 5.41) is 10.3. The highest BCUT2D eigenvalue weighted by atomic mass is 16.7. The van der Waals surface area contributed by atoms with Crippen LogP contribution in [-0.4, -0.2) is 29.5 Å². The van der Waals surface area contributed by atoms with Crippen molar-refractivity contribution in [1.29, 1.82) is 0 Å². The summed E-state index contributed by atoms with van der Waals surface area (Å²) in [4.78, 5) is 12.0. The van der Waals surface area contributed by atoms with Crippen molar-refractivity contribution >= 4 is 11.9 Å². The maximum Gasteiger partial charge on any atom is 0.322 e. The molecule has 27 heavy (non-hydrogen) atoms. The molecule has 0 saturated carbocycles. The molecule has 0 saturated heterocycles. The molecule has 0 unspecified atom stereocenters. The number of hydrogen-bond donors (Lipinski definition) is 1. The molecule has 1 amide bonds. The third-order valence-electron chi connectivity index (χ3n) is 3.86. The first-order valence-electron chi connectivity index (χ1n) is 8.36. The largest absolute Gasteiger partial charge is 0.484 e. The van der Waals surface area contributed by atoms with Crippen LogP contribution in [0.5, 0.6) is 17.2 Å². The highest BCUT2D eigenvalue weighted by molar-refractivity contribution is 5.89. The predicted molar refractivity (Wildman–Crippen MR) is 95.0 cm³/mol. The third kappa shape index (κ3) is 4.17. The molecule has 0 spiro atoms. The van der Waals surface area contributed by atoms with Gasteiger partial charge >= 0.3 is 6.01 Å². The number of carbonyl (C=O) groups excluding carboxylic acids is 1. The molecule has 1 aromatic heterocycles. The highest BCUT2D eigenvalue weighted by Gasteiger charge is 2.15. The summed E-state index contributed by atoms with van der Waals surface area (Å²) in [5.74, 6) is 2.03. The number of aromatic nitrogens is 2. The average molecular weight is 367 g/mol. The van der Waals surface area contributed by atoms with Gasteiger partial charge in [-0.1, -0.05) is 23.3 Å². The number of carbonyl (C=O) groups is 1. The zero-order chi connectivity index (χ0) is 18.6. The van der Waals surface area contributed by atoms with Gasteiger partial charge in [-0.2, -0.15) is 0 Å². The van der Waals surface area contributed by atoms with Gasteiger partial charge in [-0.15, -0.1) is 5.10 Å². The summed E-state index contributed by atoms with van der Waals surface area (Å²) in [7, 11) is 0. The van der Waals surface area contributed by atoms with Crippen molar-refractivity contribution < 1.29 is 23.4 Å². The number of nitrogens with zero attached hydrogens (tertiary/aromatic N) is 2. The number of ether oxygens (including phenoxy) is 3. The fraction of sp³-hybridized carbons (Fsp3) is 0.211. The van der Waals surface area contributed by atoms with E-state index in [1.807, 2.05) is 43.3 Å². The van der Waals surface area contributed by atoms with Gasteiger partial charge in [0, 0.05) is 0 Å². The molecule has 8 heteroatoms. The van der Waals surface area contributed by atoms with Gasteiger partial charge in [0.05, 0.1) is 6.42 Å². The summed E-state index contributed by atoms with van der Waals surface area (Å²) in [6.07, 6.45) is 0.416. The number of rotatable bonds is 6. The van der Waals surface area contributed by atoms with E-state index in [2.05, 4.69) is 15.5 Å². The van der Waals surface area contributed by atoms with Crippen LogP contribution in [0.3, 0.4) is 0 Å². The zero-order valence-corrected chi connectivity index (χ0v) is 14.6. The second kappa shape index (κ2) is 7.36. The molecule has 3 aromatic rings. The van der Waals surface area contributed by atoms with Crippen molar-refractivity contribution in [2.75, 3.05) is 18.7 Å². The maximum atomic E-state index is 12.0. The summed E-state index contributed by atoms with van der Waals surface area (Å²) in [6.45, 7) is 2.02. The molecule has 2 aromatic carbocycles. The molecule has 1 N–H and O–H groups in total. The molecule has 0 aliphatic carbocycles. The monoisotopic (exact) mass is 367 g/mol. The van der Waals surface area contributed by atoms with Crippen molar-refractivity contribution in [3.8, 4) is 17.2 Å². The fourth-order valence-electron chi connectivity index (χ4n) is 2.61. The minimum absolute atomic E-state index is 0.0311. The summed E-state index contributed by atoms with van der Waals surface area (Å²) < 4.78 is 21.5. The van der Waals surface area contributed by atoms with Crippen LogP contribution in [0.25, 0.3) is 0 Å². The smallest absolute Gasteiger partial charge is 0.322 e. The van der Waals surface area contributed by atoms with E-state index in [1.54, 1.807) is 6.07 Å². The average Bonchev–Trinajstić information content (AvgIpc) is 3.29. The fourth-order valence-corrected chi connectivity index (χ4v) is 2.61. The summed E-state index contributed by atoms with van der Waals surface area (Å²) >= 11 is 0. The van der Waals surface area contributed by atoms with Gasteiger partial charge in [0.2, 0.25) is 12.7 Å². The topological polar surface area (TPSA) is 95.7 Å². The molecule has 0 radical (unpaired) electrons. The third-order valence-corrected chi connectivity index (χ3v) is 3.86. The van der Waals surface area contributed by atoms with E-state index in [4.69, 9.17) is 18.6 Å². The van der Waals surface area contributed by atoms with Crippen LogP contribution in [-0.2, 0) is 11.2 Å². The van der Waals surface area contributed by atoms with Crippen molar-refractivity contribution in [3.05, 3.63) is 59.5 Å². The predicted octanol–water partition coefficient (Wildman–Crippen LogP) is 2.72. The van der Waals surface area contributed by atoms with Crippen molar-refractivity contribution in [2.24, 2.45) is 0 Å². The van der Waals surface area contributed by atoms with Crippen LogP contribution >= 0.6 is 0 Å². The Hall–Kier alpha value is -3.55. The van der Waals surface area contributed by atoms with E-state index >= 15 is 0 Å². The zero-order valence-electron chi connectivity index (χ0n) is 14.6. The van der Waals surface area contributed by atoms with E-state index in [9.17, 15) is 4.79 Å². The Bertz CT molecular complexity index is 969. The van der Waals surface area contributed by atoms with Crippen LogP contribution < -0.4 is 19.5 Å². The lowest BCUT2D eigenvalue weighted by Crippen LogP contribution is -2.20. The number of benzene rings is 2. The molecule has 2 heterocycles. The molecule has 138 valence electrons. The first-order chi connectivity index (χ1) is 13.2. The number of aryl methyl sites for hydroxylation is 1. The minimum atomic E-state index is -0.380. The SMILES string of the molecule is Cc1cccc(OCC(=O)Nc2nnc(Cc3ccc4c(c3)OCO4)o2)c1. The van der Waals surface area contributed by atoms with Gasteiger partial charge < -0.3 is 18.6 Å². The quantitative estimate of drug-likeness (QED) is 0.715. The van der Waals surface area contributed by atoms with Crippen LogP contribution in [0.15, 0.2) is 46.9 Å². The lowest BCUT2D eigenvalue weighted by Gasteiger charge is -2.05. The molecular formula is C19H17N3O5. The van der Waals surface area contributed by atoms with Crippen LogP contribution in [0.2, 0.25) is 0 Å². The number of anilines is 1. The number of amides is 1. The van der Waals surface area contributed by atoms with Gasteiger partial charge in [0.15, 0.2) is 18.1 Å². The second-order valence-corrected chi connectivity index (χ2v) is 6.02. The Labute approximate surface area is 155 Å². The first kappa shape index (κ1) is 16.9. The summed E-state index contributed by atoms with van der Waals surface area (Å²) in [5.41, 5.74) is 1.99. The highest BCUT2D eigenvalue weighted by Crippen LogP contribution is 2.33. The normalized spacial score (nSPS) is 12.0.